The summed E-state index contributed by atoms with van der Waals surface area (Å²) in [6.45, 7) is 3.59. The molecule has 20 heteroatoms. The van der Waals surface area contributed by atoms with Crippen LogP contribution in [0.1, 0.15) is 116 Å². The van der Waals surface area contributed by atoms with Crippen LogP contribution in [0.2, 0.25) is 5.02 Å². The van der Waals surface area contributed by atoms with Gasteiger partial charge in [0.25, 0.3) is 0 Å². The maximum Gasteiger partial charge on any atom is 0.329 e. The molecule has 76 heavy (non-hydrogen) atoms. The van der Waals surface area contributed by atoms with Gasteiger partial charge in [0.2, 0.25) is 17.7 Å². The second-order valence-electron chi connectivity index (χ2n) is 21.6. The van der Waals surface area contributed by atoms with Crippen molar-refractivity contribution in [3.8, 4) is 22.6 Å². The zero-order chi connectivity index (χ0) is 53.4. The van der Waals surface area contributed by atoms with Crippen molar-refractivity contribution in [2.45, 2.75) is 113 Å². The molecule has 5 N–H and O–H groups in total. The molecule has 1 aromatic heterocycles. The van der Waals surface area contributed by atoms with Crippen molar-refractivity contribution in [2.24, 2.45) is 18.7 Å². The fraction of sp³-hybridized carbons (Fsp3) is 0.482. The molecule has 2 saturated carbocycles. The molecule has 402 valence electrons. The number of primary amides is 1. The summed E-state index contributed by atoms with van der Waals surface area (Å²) in [7, 11) is 1.56. The van der Waals surface area contributed by atoms with Crippen molar-refractivity contribution in [2.75, 3.05) is 50.8 Å². The van der Waals surface area contributed by atoms with Crippen LogP contribution in [0.5, 0.6) is 11.5 Å². The molecule has 5 heterocycles. The minimum Gasteiger partial charge on any atom is -0.488 e. The zero-order valence-electron chi connectivity index (χ0n) is 42.4. The minimum absolute atomic E-state index is 0.0214. The Bertz CT molecular complexity index is 3140. The van der Waals surface area contributed by atoms with Gasteiger partial charge in [0.15, 0.2) is 28.8 Å². The zero-order valence-corrected chi connectivity index (χ0v) is 43.2. The predicted octanol–water partition coefficient (Wildman–Crippen LogP) is 8.31. The topological polar surface area (TPSA) is 185 Å². The molecule has 0 radical (unpaired) electrons. The number of fused-ring (bicyclic) bond motifs is 2. The first kappa shape index (κ1) is 51.8. The number of aryl methyl sites for hydroxylation is 1. The molecule has 4 aliphatic heterocycles. The Balaban J connectivity index is 0.733. The van der Waals surface area contributed by atoms with Crippen LogP contribution in [-0.2, 0) is 22.2 Å². The van der Waals surface area contributed by atoms with Crippen molar-refractivity contribution >= 4 is 52.1 Å². The summed E-state index contributed by atoms with van der Waals surface area (Å²) < 4.78 is 78.4. The maximum atomic E-state index is 16.5. The van der Waals surface area contributed by atoms with E-state index in [2.05, 4.69) is 25.5 Å². The number of aliphatic hydroxyl groups excluding tert-OH is 1. The highest BCUT2D eigenvalue weighted by molar-refractivity contribution is 6.34. The number of halogens is 5. The van der Waals surface area contributed by atoms with Gasteiger partial charge in [-0.25, -0.2) is 22.4 Å². The Kier molecular flexibility index (Phi) is 13.8. The van der Waals surface area contributed by atoms with Crippen LogP contribution in [-0.4, -0.2) is 112 Å². The highest BCUT2D eigenvalue weighted by Gasteiger charge is 2.56. The molecule has 3 atom stereocenters. The summed E-state index contributed by atoms with van der Waals surface area (Å²) in [6, 6.07) is 14.0. The predicted molar refractivity (Wildman–Crippen MR) is 275 cm³/mol. The number of amides is 5. The van der Waals surface area contributed by atoms with Gasteiger partial charge in [-0.05, 0) is 107 Å². The number of rotatable bonds is 13. The Morgan fingerprint density at radius 2 is 1.66 bits per heavy atom. The smallest absolute Gasteiger partial charge is 0.329 e. The monoisotopic (exact) mass is 1070 g/mol. The number of carbonyl (C=O) groups excluding carboxylic acids is 4. The van der Waals surface area contributed by atoms with Crippen molar-refractivity contribution in [1.82, 2.24) is 30.2 Å². The standard InChI is InChI=1S/C56H61ClF4N8O7/c1-30-43-41(27-39(59)47(57)46(43)45-36(51(62)72)12-13-40(48(45)60)75-25-24-70)76-56(30,33-6-4-3-5-7-33)29-63-34-10-8-32(9-11-34)53(73)69-23-16-35(28-55(69)18-19-55)67-20-14-31(15-21-67)44-38(58)26-37-50(49(44)61)66(2)65-52(37)68-22-17-42(71)64-54(68)74/h3-7,12-13,26-27,30-32,34-35,63,70H,8-11,14-25,28-29H2,1-2H3,(H2,62,72)(H,64,71,74). The van der Waals surface area contributed by atoms with Gasteiger partial charge in [-0.15, -0.1) is 0 Å². The van der Waals surface area contributed by atoms with Gasteiger partial charge >= 0.3 is 6.03 Å². The van der Waals surface area contributed by atoms with E-state index in [9.17, 15) is 24.3 Å². The lowest BCUT2D eigenvalue weighted by molar-refractivity contribution is -0.143. The van der Waals surface area contributed by atoms with E-state index < -0.39 is 64.3 Å². The number of ether oxygens (including phenoxy) is 2. The minimum atomic E-state index is -1.14. The third kappa shape index (κ3) is 8.93. The fourth-order valence-corrected chi connectivity index (χ4v) is 13.5. The summed E-state index contributed by atoms with van der Waals surface area (Å²) in [5.41, 5.74) is 5.13. The average molecular weight is 1070 g/mol. The number of aromatic nitrogens is 2. The number of urea groups is 1. The first-order valence-corrected chi connectivity index (χ1v) is 26.8. The number of imide groups is 1. The van der Waals surface area contributed by atoms with Gasteiger partial charge in [0, 0.05) is 90.9 Å². The Morgan fingerprint density at radius 1 is 0.921 bits per heavy atom. The number of likely N-dealkylation sites (tertiary alicyclic amines) is 2. The summed E-state index contributed by atoms with van der Waals surface area (Å²) in [5.74, 6) is -5.49. The van der Waals surface area contributed by atoms with Crippen molar-refractivity contribution in [1.29, 1.82) is 0 Å². The Hall–Kier alpha value is -6.28. The number of benzene rings is 4. The number of hydrogen-bond donors (Lipinski definition) is 4. The SMILES string of the molecule is CC1c2c(cc(F)c(Cl)c2-c2c(C(N)=O)ccc(OCCO)c2F)OC1(CNC1CCC(C(=O)N2CCC(N3CCC(c4c(F)cc5c(N6CCC(=O)NC6=O)nn(C)c5c4F)CC3)CC23CC3)CC1)c1ccccc1. The number of nitrogens with one attached hydrogen (secondary N) is 2. The van der Waals surface area contributed by atoms with Crippen molar-refractivity contribution in [3.05, 3.63) is 105 Å². The van der Waals surface area contributed by atoms with E-state index in [1.165, 1.54) is 33.8 Å². The van der Waals surface area contributed by atoms with E-state index in [1.54, 1.807) is 7.05 Å². The third-order valence-electron chi connectivity index (χ3n) is 17.4. The van der Waals surface area contributed by atoms with Crippen LogP contribution in [0.4, 0.5) is 28.2 Å². The summed E-state index contributed by atoms with van der Waals surface area (Å²) >= 11 is 6.74. The van der Waals surface area contributed by atoms with Crippen molar-refractivity contribution < 1.29 is 51.3 Å². The molecule has 5 amide bonds. The fourth-order valence-electron chi connectivity index (χ4n) is 13.2. The molecule has 5 fully saturated rings. The molecule has 6 aliphatic rings. The summed E-state index contributed by atoms with van der Waals surface area (Å²) in [4.78, 5) is 57.5. The van der Waals surface area contributed by atoms with Crippen LogP contribution < -0.4 is 30.7 Å². The van der Waals surface area contributed by atoms with Crippen LogP contribution in [0.15, 0.2) is 54.6 Å². The Labute approximate surface area is 442 Å². The second kappa shape index (κ2) is 20.3. The number of aliphatic hydroxyl groups is 1. The molecule has 11 rings (SSSR count). The molecular weight excluding hydrogens is 1010 g/mol. The lowest BCUT2D eigenvalue weighted by Gasteiger charge is -2.47. The molecule has 2 aliphatic carbocycles. The number of carbonyl (C=O) groups is 4. The molecule has 1 spiro atoms. The summed E-state index contributed by atoms with van der Waals surface area (Å²) in [6.07, 6.45) is 7.60. The van der Waals surface area contributed by atoms with Gasteiger partial charge in [0.05, 0.1) is 22.6 Å². The molecule has 0 bridgehead atoms. The van der Waals surface area contributed by atoms with E-state index in [0.717, 1.165) is 44.1 Å². The van der Waals surface area contributed by atoms with Gasteiger partial charge in [-0.3, -0.25) is 29.3 Å². The average Bonchev–Trinajstić information content (AvgIpc) is 4.01. The van der Waals surface area contributed by atoms with Gasteiger partial charge < -0.3 is 35.4 Å². The summed E-state index contributed by atoms with van der Waals surface area (Å²) in [5, 5.41) is 19.5. The highest BCUT2D eigenvalue weighted by atomic mass is 35.5. The Morgan fingerprint density at radius 3 is 2.34 bits per heavy atom. The number of nitrogens with two attached hydrogens (primary N) is 1. The van der Waals surface area contributed by atoms with E-state index in [1.807, 2.05) is 37.3 Å². The van der Waals surface area contributed by atoms with Gasteiger partial charge in [-0.1, -0.05) is 48.9 Å². The molecule has 15 nitrogen and oxygen atoms in total. The van der Waals surface area contributed by atoms with Crippen LogP contribution in [0.3, 0.4) is 0 Å². The first-order valence-electron chi connectivity index (χ1n) is 26.4. The number of nitrogens with zero attached hydrogens (tertiary/aromatic N) is 5. The van der Waals surface area contributed by atoms with Crippen LogP contribution in [0, 0.1) is 29.2 Å². The van der Waals surface area contributed by atoms with E-state index in [4.69, 9.17) is 26.8 Å². The van der Waals surface area contributed by atoms with Crippen LogP contribution in [0.25, 0.3) is 22.0 Å². The largest absolute Gasteiger partial charge is 0.488 e. The first-order chi connectivity index (χ1) is 36.5. The number of hydrogen-bond acceptors (Lipinski definition) is 10. The normalized spacial score (nSPS) is 24.7. The van der Waals surface area contributed by atoms with Gasteiger partial charge in [-0.2, -0.15) is 5.10 Å². The molecule has 3 saturated heterocycles. The van der Waals surface area contributed by atoms with Crippen molar-refractivity contribution in [3.63, 3.8) is 0 Å². The third-order valence-corrected chi connectivity index (χ3v) is 17.7. The molecule has 5 aromatic rings. The lowest BCUT2D eigenvalue weighted by Crippen LogP contribution is -2.56. The number of piperidine rings is 2. The maximum absolute atomic E-state index is 16.5. The molecular formula is C56H61ClF4N8O7. The quantitative estimate of drug-likeness (QED) is 0.0837. The van der Waals surface area contributed by atoms with Gasteiger partial charge in [0.1, 0.15) is 29.5 Å². The highest BCUT2D eigenvalue weighted by Crippen LogP contribution is 2.57. The molecule has 3 unspecified atom stereocenters. The van der Waals surface area contributed by atoms with E-state index in [-0.39, 0.29) is 112 Å². The van der Waals surface area contributed by atoms with E-state index >= 15 is 17.6 Å². The molecule has 4 aromatic carbocycles. The lowest BCUT2D eigenvalue weighted by atomic mass is 9.77. The van der Waals surface area contributed by atoms with Crippen LogP contribution >= 0.6 is 11.6 Å². The second-order valence-corrected chi connectivity index (χ2v) is 21.9. The number of anilines is 1. The van der Waals surface area contributed by atoms with E-state index in [0.29, 0.717) is 50.9 Å².